The van der Waals surface area contributed by atoms with Gasteiger partial charge < -0.3 is 16.0 Å². The van der Waals surface area contributed by atoms with Crippen LogP contribution < -0.4 is 11.1 Å². The second-order valence-electron chi connectivity index (χ2n) is 5.35. The van der Waals surface area contributed by atoms with Gasteiger partial charge in [-0.1, -0.05) is 27.7 Å². The second-order valence-corrected chi connectivity index (χ2v) is 5.35. The monoisotopic (exact) mass is 257 g/mol. The van der Waals surface area contributed by atoms with Gasteiger partial charge in [0.15, 0.2) is 0 Å². The highest BCUT2D eigenvalue weighted by Crippen LogP contribution is 2.02. The summed E-state index contributed by atoms with van der Waals surface area (Å²) in [7, 11) is 0. The molecule has 2 unspecified atom stereocenters. The van der Waals surface area contributed by atoms with E-state index in [9.17, 15) is 4.79 Å². The molecule has 0 spiro atoms. The Morgan fingerprint density at radius 3 is 2.22 bits per heavy atom. The SMILES string of the molecule is CCN(CC)CCCC(C)NC(=O)C(N)C(C)C. The largest absolute Gasteiger partial charge is 0.352 e. The molecular formula is C14H31N3O. The Balaban J connectivity index is 3.83. The molecule has 0 aliphatic carbocycles. The van der Waals surface area contributed by atoms with Crippen molar-refractivity contribution >= 4 is 5.91 Å². The number of amides is 1. The predicted molar refractivity (Wildman–Crippen MR) is 77.4 cm³/mol. The van der Waals surface area contributed by atoms with Gasteiger partial charge in [0.2, 0.25) is 5.91 Å². The average molecular weight is 257 g/mol. The third-order valence-electron chi connectivity index (χ3n) is 3.42. The molecule has 18 heavy (non-hydrogen) atoms. The van der Waals surface area contributed by atoms with E-state index < -0.39 is 6.04 Å². The average Bonchev–Trinajstić information content (AvgIpc) is 2.33. The van der Waals surface area contributed by atoms with E-state index in [0.717, 1.165) is 32.5 Å². The van der Waals surface area contributed by atoms with Crippen LogP contribution in [0.5, 0.6) is 0 Å². The van der Waals surface area contributed by atoms with E-state index in [1.54, 1.807) is 0 Å². The number of nitrogens with zero attached hydrogens (tertiary/aromatic N) is 1. The van der Waals surface area contributed by atoms with Crippen LogP contribution in [0.3, 0.4) is 0 Å². The van der Waals surface area contributed by atoms with Crippen molar-refractivity contribution in [2.45, 2.75) is 59.5 Å². The van der Waals surface area contributed by atoms with Gasteiger partial charge in [-0.3, -0.25) is 4.79 Å². The lowest BCUT2D eigenvalue weighted by Crippen LogP contribution is -2.47. The summed E-state index contributed by atoms with van der Waals surface area (Å²) in [6, 6.07) is -0.187. The van der Waals surface area contributed by atoms with Crippen LogP contribution in [0.2, 0.25) is 0 Å². The van der Waals surface area contributed by atoms with E-state index in [0.29, 0.717) is 0 Å². The molecule has 108 valence electrons. The van der Waals surface area contributed by atoms with Gasteiger partial charge in [-0.05, 0) is 45.3 Å². The van der Waals surface area contributed by atoms with Crippen LogP contribution in [0.4, 0.5) is 0 Å². The molecule has 0 aromatic carbocycles. The lowest BCUT2D eigenvalue weighted by atomic mass is 10.0. The fraction of sp³-hybridized carbons (Fsp3) is 0.929. The number of hydrogen-bond acceptors (Lipinski definition) is 3. The van der Waals surface area contributed by atoms with Crippen molar-refractivity contribution < 1.29 is 4.79 Å². The maximum Gasteiger partial charge on any atom is 0.237 e. The fourth-order valence-corrected chi connectivity index (χ4v) is 1.87. The molecule has 0 rings (SSSR count). The molecule has 0 aliphatic rings. The van der Waals surface area contributed by atoms with Crippen molar-refractivity contribution in [1.82, 2.24) is 10.2 Å². The van der Waals surface area contributed by atoms with Crippen molar-refractivity contribution in [3.05, 3.63) is 0 Å². The molecule has 0 radical (unpaired) electrons. The van der Waals surface area contributed by atoms with Crippen LogP contribution in [0.1, 0.15) is 47.5 Å². The van der Waals surface area contributed by atoms with Crippen LogP contribution >= 0.6 is 0 Å². The summed E-state index contributed by atoms with van der Waals surface area (Å²) in [5, 5.41) is 2.99. The van der Waals surface area contributed by atoms with E-state index >= 15 is 0 Å². The topological polar surface area (TPSA) is 58.4 Å². The Morgan fingerprint density at radius 2 is 1.78 bits per heavy atom. The normalized spacial score (nSPS) is 14.9. The number of rotatable bonds is 9. The van der Waals surface area contributed by atoms with E-state index in [4.69, 9.17) is 5.73 Å². The van der Waals surface area contributed by atoms with E-state index in [2.05, 4.69) is 24.1 Å². The number of hydrogen-bond donors (Lipinski definition) is 2. The number of nitrogens with two attached hydrogens (primary N) is 1. The number of carbonyl (C=O) groups is 1. The number of nitrogens with one attached hydrogen (secondary N) is 1. The van der Waals surface area contributed by atoms with Gasteiger partial charge >= 0.3 is 0 Å². The Bertz CT molecular complexity index is 227. The molecule has 3 N–H and O–H groups in total. The highest BCUT2D eigenvalue weighted by atomic mass is 16.2. The molecule has 0 aliphatic heterocycles. The first-order valence-electron chi connectivity index (χ1n) is 7.20. The standard InChI is InChI=1S/C14H31N3O/c1-6-17(7-2)10-8-9-12(5)16-14(18)13(15)11(3)4/h11-13H,6-10,15H2,1-5H3,(H,16,18). The van der Waals surface area contributed by atoms with Gasteiger partial charge in [0.1, 0.15) is 0 Å². The molecule has 0 bridgehead atoms. The summed E-state index contributed by atoms with van der Waals surface area (Å²) in [5.41, 5.74) is 5.81. The molecule has 0 heterocycles. The van der Waals surface area contributed by atoms with Gasteiger partial charge in [0.25, 0.3) is 0 Å². The fourth-order valence-electron chi connectivity index (χ4n) is 1.87. The maximum absolute atomic E-state index is 11.8. The summed E-state index contributed by atoms with van der Waals surface area (Å²) in [4.78, 5) is 14.2. The maximum atomic E-state index is 11.8. The summed E-state index contributed by atoms with van der Waals surface area (Å²) in [6.07, 6.45) is 2.12. The molecule has 4 heteroatoms. The zero-order valence-corrected chi connectivity index (χ0v) is 12.7. The molecule has 2 atom stereocenters. The molecule has 0 saturated heterocycles. The summed E-state index contributed by atoms with van der Waals surface area (Å²) >= 11 is 0. The van der Waals surface area contributed by atoms with Crippen LogP contribution in [-0.2, 0) is 4.79 Å². The van der Waals surface area contributed by atoms with E-state index in [-0.39, 0.29) is 17.9 Å². The summed E-state index contributed by atoms with van der Waals surface area (Å²) < 4.78 is 0. The molecule has 4 nitrogen and oxygen atoms in total. The first-order chi connectivity index (χ1) is 8.42. The first-order valence-corrected chi connectivity index (χ1v) is 7.20. The molecule has 0 aromatic rings. The van der Waals surface area contributed by atoms with E-state index in [1.807, 2.05) is 20.8 Å². The van der Waals surface area contributed by atoms with Crippen molar-refractivity contribution in [2.75, 3.05) is 19.6 Å². The smallest absolute Gasteiger partial charge is 0.237 e. The minimum Gasteiger partial charge on any atom is -0.352 e. The zero-order chi connectivity index (χ0) is 14.1. The second kappa shape index (κ2) is 9.34. The van der Waals surface area contributed by atoms with Crippen LogP contribution in [-0.4, -0.2) is 42.5 Å². The van der Waals surface area contributed by atoms with Crippen LogP contribution in [0.25, 0.3) is 0 Å². The summed E-state index contributed by atoms with van der Waals surface area (Å²) in [6.45, 7) is 13.6. The van der Waals surface area contributed by atoms with Crippen molar-refractivity contribution in [1.29, 1.82) is 0 Å². The van der Waals surface area contributed by atoms with Crippen molar-refractivity contribution in [2.24, 2.45) is 11.7 Å². The van der Waals surface area contributed by atoms with E-state index in [1.165, 1.54) is 0 Å². The Hall–Kier alpha value is -0.610. The van der Waals surface area contributed by atoms with Gasteiger partial charge in [0, 0.05) is 6.04 Å². The molecule has 0 fully saturated rings. The third-order valence-corrected chi connectivity index (χ3v) is 3.42. The molecule has 0 saturated carbocycles. The zero-order valence-electron chi connectivity index (χ0n) is 12.7. The molecule has 1 amide bonds. The Morgan fingerprint density at radius 1 is 1.22 bits per heavy atom. The lowest BCUT2D eigenvalue weighted by Gasteiger charge is -2.21. The third kappa shape index (κ3) is 6.97. The van der Waals surface area contributed by atoms with Gasteiger partial charge in [-0.25, -0.2) is 0 Å². The molecule has 0 aromatic heterocycles. The van der Waals surface area contributed by atoms with Crippen molar-refractivity contribution in [3.63, 3.8) is 0 Å². The first kappa shape index (κ1) is 17.4. The van der Waals surface area contributed by atoms with Gasteiger partial charge in [0.05, 0.1) is 6.04 Å². The quantitative estimate of drug-likeness (QED) is 0.659. The highest BCUT2D eigenvalue weighted by molar-refractivity contribution is 5.81. The van der Waals surface area contributed by atoms with Gasteiger partial charge in [-0.2, -0.15) is 0 Å². The van der Waals surface area contributed by atoms with Crippen molar-refractivity contribution in [3.8, 4) is 0 Å². The lowest BCUT2D eigenvalue weighted by molar-refractivity contribution is -0.123. The Kier molecular flexibility index (Phi) is 9.02. The predicted octanol–water partition coefficient (Wildman–Crippen LogP) is 1.60. The number of carbonyl (C=O) groups excluding carboxylic acids is 1. The minimum atomic E-state index is -0.393. The summed E-state index contributed by atoms with van der Waals surface area (Å²) in [5.74, 6) is 0.160. The highest BCUT2D eigenvalue weighted by Gasteiger charge is 2.18. The van der Waals surface area contributed by atoms with Gasteiger partial charge in [-0.15, -0.1) is 0 Å². The van der Waals surface area contributed by atoms with Crippen LogP contribution in [0, 0.1) is 5.92 Å². The Labute approximate surface area is 112 Å². The molecular weight excluding hydrogens is 226 g/mol. The minimum absolute atomic E-state index is 0.0275. The van der Waals surface area contributed by atoms with Crippen LogP contribution in [0.15, 0.2) is 0 Å².